The van der Waals surface area contributed by atoms with E-state index in [0.29, 0.717) is 0 Å². The van der Waals surface area contributed by atoms with Gasteiger partial charge in [-0.3, -0.25) is 37.3 Å². The first-order valence-corrected chi connectivity index (χ1v) is 23.7. The highest BCUT2D eigenvalue weighted by atomic mass is 32.2. The molecule has 1 saturated heterocycles. The van der Waals surface area contributed by atoms with Gasteiger partial charge >= 0.3 is 29.4 Å². The molecule has 344 valence electrons. The lowest BCUT2D eigenvalue weighted by Gasteiger charge is -2.30. The highest BCUT2D eigenvalue weighted by Gasteiger charge is 2.50. The first kappa shape index (κ1) is 50.9. The Morgan fingerprint density at radius 3 is 2.34 bits per heavy atom. The smallest absolute Gasteiger partial charge is 0.481 e. The van der Waals surface area contributed by atoms with Crippen LogP contribution in [0, 0.1) is 11.3 Å². The molecule has 4 rings (SSSR count). The Morgan fingerprint density at radius 1 is 1.00 bits per heavy atom. The predicted molar refractivity (Wildman–Crippen MR) is 213 cm³/mol. The predicted octanol–water partition coefficient (Wildman–Crippen LogP) is -0.00170. The zero-order valence-electron chi connectivity index (χ0n) is 32.8. The van der Waals surface area contributed by atoms with Gasteiger partial charge in [-0.2, -0.15) is 4.31 Å². The second-order valence-corrected chi connectivity index (χ2v) is 19.6. The second kappa shape index (κ2) is 21.8. The Hall–Kier alpha value is -3.75. The molecule has 1 aromatic carbocycles. The number of ether oxygens (including phenoxy) is 1. The van der Waals surface area contributed by atoms with Gasteiger partial charge in [-0.05, 0) is 12.0 Å². The molecule has 26 nitrogen and oxygen atoms in total. The van der Waals surface area contributed by atoms with Crippen LogP contribution in [-0.4, -0.2) is 134 Å². The van der Waals surface area contributed by atoms with E-state index < -0.39 is 96.4 Å². The standard InChI is InChI=1S/C32H46N7O19P3S/c1-32(2,26(44)29(45)35-9-8-21(40)34-10-11-62-31(46)19(13-22(41)42)12-18-6-4-3-5-7-18)15-55-61(52,53)58-60(50,51)54-14-20-25(57-59(47,48)49)24(43)30(56-20)39-17-38-23-27(33)36-16-37-28(23)39/h3-7,16-17,19-20,24-26,30,43-44H,8-15H2,1-2H3,(H,34,40)(H,35,45)(H,41,42)(H,50,51)(H,52,53)(H2,33,36,37)(H2,47,48,49)/t19-,20-,24-,25-,26+,30-/m1/s1. The molecule has 1 aliphatic heterocycles. The number of nitrogens with one attached hydrogen (secondary N) is 2. The van der Waals surface area contributed by atoms with Crippen LogP contribution >= 0.6 is 35.2 Å². The number of aliphatic carboxylic acids is 1. The van der Waals surface area contributed by atoms with Crippen molar-refractivity contribution in [1.29, 1.82) is 0 Å². The number of hydrogen-bond donors (Lipinski definition) is 10. The van der Waals surface area contributed by atoms with Gasteiger partial charge in [-0.25, -0.2) is 28.6 Å². The summed E-state index contributed by atoms with van der Waals surface area (Å²) in [5.41, 5.74) is 5.00. The van der Waals surface area contributed by atoms with E-state index in [1.807, 2.05) is 0 Å². The van der Waals surface area contributed by atoms with Gasteiger partial charge in [0, 0.05) is 36.6 Å². The lowest BCUT2D eigenvalue weighted by atomic mass is 9.87. The number of thioether (sulfide) groups is 1. The van der Waals surface area contributed by atoms with E-state index in [4.69, 9.17) is 19.5 Å². The first-order valence-electron chi connectivity index (χ1n) is 18.2. The molecule has 0 radical (unpaired) electrons. The van der Waals surface area contributed by atoms with Gasteiger partial charge in [0.2, 0.25) is 11.8 Å². The molecule has 11 N–H and O–H groups in total. The molecule has 0 bridgehead atoms. The number of rotatable bonds is 24. The normalized spacial score (nSPS) is 21.1. The number of phosphoric acid groups is 3. The van der Waals surface area contributed by atoms with Crippen LogP contribution in [0.4, 0.5) is 5.82 Å². The Balaban J connectivity index is 1.21. The Morgan fingerprint density at radius 2 is 1.68 bits per heavy atom. The number of nitrogen functional groups attached to an aromatic ring is 1. The quantitative estimate of drug-likeness (QED) is 0.0417. The third-order valence-electron chi connectivity index (χ3n) is 8.83. The molecule has 1 fully saturated rings. The third-order valence-corrected chi connectivity index (χ3v) is 13.0. The number of aromatic nitrogens is 4. The Bertz CT molecular complexity index is 2200. The van der Waals surface area contributed by atoms with Crippen molar-refractivity contribution < 1.29 is 90.4 Å². The first-order chi connectivity index (χ1) is 28.9. The number of phosphoric ester groups is 3. The average molecular weight is 958 g/mol. The number of imidazole rings is 1. The van der Waals surface area contributed by atoms with Crippen molar-refractivity contribution in [2.75, 3.05) is 37.8 Å². The summed E-state index contributed by atoms with van der Waals surface area (Å²) in [6.07, 6.45) is -7.25. The zero-order valence-corrected chi connectivity index (χ0v) is 36.3. The molecule has 62 heavy (non-hydrogen) atoms. The highest BCUT2D eigenvalue weighted by molar-refractivity contribution is 8.13. The molecule has 2 unspecified atom stereocenters. The number of carboxylic acids is 1. The molecule has 30 heteroatoms. The van der Waals surface area contributed by atoms with E-state index in [9.17, 15) is 67.8 Å². The number of nitrogens with two attached hydrogens (primary N) is 1. The number of anilines is 1. The third kappa shape index (κ3) is 15.2. The second-order valence-electron chi connectivity index (χ2n) is 14.2. The number of amides is 2. The minimum atomic E-state index is -5.60. The molecule has 3 heterocycles. The number of aliphatic hydroxyl groups is 2. The number of aliphatic hydroxyl groups excluding tert-OH is 2. The summed E-state index contributed by atoms with van der Waals surface area (Å²) in [5.74, 6) is -3.34. The van der Waals surface area contributed by atoms with E-state index in [2.05, 4.69) is 34.4 Å². The fourth-order valence-corrected chi connectivity index (χ4v) is 9.38. The molecular weight excluding hydrogens is 911 g/mol. The molecule has 0 spiro atoms. The topological polar surface area (TPSA) is 401 Å². The Labute approximate surface area is 356 Å². The number of fused-ring (bicyclic) bond motifs is 1. The summed E-state index contributed by atoms with van der Waals surface area (Å²) in [6, 6.07) is 8.92. The fraction of sp³-hybridized carbons (Fsp3) is 0.531. The number of benzene rings is 1. The van der Waals surface area contributed by atoms with Crippen LogP contribution in [-0.2, 0) is 61.9 Å². The van der Waals surface area contributed by atoms with Gasteiger partial charge in [-0.1, -0.05) is 55.9 Å². The maximum atomic E-state index is 12.7. The number of hydrogen-bond acceptors (Lipinski definition) is 19. The average Bonchev–Trinajstić information content (AvgIpc) is 3.74. The lowest BCUT2D eigenvalue weighted by molar-refractivity contribution is -0.139. The van der Waals surface area contributed by atoms with Crippen LogP contribution in [0.15, 0.2) is 43.0 Å². The van der Waals surface area contributed by atoms with Gasteiger partial charge in [0.1, 0.15) is 36.3 Å². The SMILES string of the molecule is CC(C)(COP(=O)(O)OP(=O)(O)OC[C@H]1O[C@@H](n2cnc3c(N)ncnc32)[C@H](O)[C@@H]1OP(=O)(O)O)[C@@H](O)C(=O)NCCC(=O)NCCSC(=O)[C@@H](CC(=O)O)Cc1ccccc1. The summed E-state index contributed by atoms with van der Waals surface area (Å²) in [5, 5.41) is 35.3. The van der Waals surface area contributed by atoms with Crippen LogP contribution < -0.4 is 16.4 Å². The minimum absolute atomic E-state index is 0.0182. The van der Waals surface area contributed by atoms with Crippen LogP contribution in [0.3, 0.4) is 0 Å². The van der Waals surface area contributed by atoms with Crippen molar-refractivity contribution in [2.24, 2.45) is 11.3 Å². The molecule has 0 aliphatic carbocycles. The van der Waals surface area contributed by atoms with E-state index >= 15 is 0 Å². The van der Waals surface area contributed by atoms with Gasteiger partial charge in [0.15, 0.2) is 22.8 Å². The van der Waals surface area contributed by atoms with Crippen molar-refractivity contribution in [1.82, 2.24) is 30.2 Å². The molecule has 8 atom stereocenters. The van der Waals surface area contributed by atoms with Gasteiger partial charge in [0.25, 0.3) is 0 Å². The van der Waals surface area contributed by atoms with Crippen LogP contribution in [0.5, 0.6) is 0 Å². The monoisotopic (exact) mass is 957 g/mol. The largest absolute Gasteiger partial charge is 0.481 e. The minimum Gasteiger partial charge on any atom is -0.481 e. The lowest BCUT2D eigenvalue weighted by Crippen LogP contribution is -2.46. The number of nitrogens with zero attached hydrogens (tertiary/aromatic N) is 4. The molecule has 2 aromatic heterocycles. The van der Waals surface area contributed by atoms with Crippen LogP contribution in [0.2, 0.25) is 0 Å². The molecule has 1 aliphatic rings. The van der Waals surface area contributed by atoms with E-state index in [-0.39, 0.29) is 60.2 Å². The summed E-state index contributed by atoms with van der Waals surface area (Å²) in [6.45, 7) is 0.165. The fourth-order valence-electron chi connectivity index (χ4n) is 5.75. The van der Waals surface area contributed by atoms with Crippen molar-refractivity contribution in [2.45, 2.75) is 63.8 Å². The van der Waals surface area contributed by atoms with E-state index in [1.54, 1.807) is 30.3 Å². The number of carboxylic acid groups (broad SMARTS) is 1. The van der Waals surface area contributed by atoms with Gasteiger partial charge in [0.05, 0.1) is 26.0 Å². The van der Waals surface area contributed by atoms with E-state index in [1.165, 1.54) is 13.8 Å². The molecule has 3 aromatic rings. The van der Waals surface area contributed by atoms with Gasteiger partial charge in [-0.15, -0.1) is 0 Å². The maximum Gasteiger partial charge on any atom is 0.481 e. The molecule has 0 saturated carbocycles. The van der Waals surface area contributed by atoms with Crippen molar-refractivity contribution in [3.63, 3.8) is 0 Å². The molecule has 2 amide bonds. The van der Waals surface area contributed by atoms with Crippen molar-refractivity contribution in [3.05, 3.63) is 48.5 Å². The maximum absolute atomic E-state index is 12.7. The van der Waals surface area contributed by atoms with Gasteiger partial charge < -0.3 is 56.0 Å². The van der Waals surface area contributed by atoms with Crippen LogP contribution in [0.1, 0.15) is 38.5 Å². The number of carbonyl (C=O) groups is 4. The summed E-state index contributed by atoms with van der Waals surface area (Å²) < 4.78 is 62.2. The Kier molecular flexibility index (Phi) is 17.9. The summed E-state index contributed by atoms with van der Waals surface area (Å²) in [4.78, 5) is 100.0. The van der Waals surface area contributed by atoms with Crippen molar-refractivity contribution in [3.8, 4) is 0 Å². The van der Waals surface area contributed by atoms with Crippen LogP contribution in [0.25, 0.3) is 11.2 Å². The zero-order chi connectivity index (χ0) is 46.0. The summed E-state index contributed by atoms with van der Waals surface area (Å²) in [7, 11) is -16.5. The summed E-state index contributed by atoms with van der Waals surface area (Å²) >= 11 is 0.876. The van der Waals surface area contributed by atoms with E-state index in [0.717, 1.165) is 34.5 Å². The highest BCUT2D eigenvalue weighted by Crippen LogP contribution is 2.61. The number of carbonyl (C=O) groups excluding carboxylic acids is 3. The van der Waals surface area contributed by atoms with Crippen molar-refractivity contribution >= 4 is 75.1 Å². The molecular formula is C32H46N7O19P3S.